The number of hydrogen-bond donors (Lipinski definition) is 2. The van der Waals surface area contributed by atoms with Crippen LogP contribution in [-0.4, -0.2) is 45.8 Å². The van der Waals surface area contributed by atoms with E-state index in [0.717, 1.165) is 10.4 Å². The topological polar surface area (TPSA) is 70.7 Å². The van der Waals surface area contributed by atoms with Crippen molar-refractivity contribution in [3.8, 4) is 0 Å². The summed E-state index contributed by atoms with van der Waals surface area (Å²) in [4.78, 5) is 3.69. The number of aryl methyl sites for hydroxylation is 1. The Bertz CT molecular complexity index is 563. The quantitative estimate of drug-likeness (QED) is 0.815. The summed E-state index contributed by atoms with van der Waals surface area (Å²) in [6, 6.07) is 2.11. The summed E-state index contributed by atoms with van der Waals surface area (Å²) in [6.07, 6.45) is 0. The number of nitrogens with zero attached hydrogens (tertiary/aromatic N) is 1. The summed E-state index contributed by atoms with van der Waals surface area (Å²) in [7, 11) is -3.49. The SMILES string of the molecule is Cc1cc(S(=O)(=O)NN2CCOCC2)sc1CNC(C)C. The van der Waals surface area contributed by atoms with Crippen LogP contribution < -0.4 is 10.1 Å². The van der Waals surface area contributed by atoms with Gasteiger partial charge in [-0.2, -0.15) is 0 Å². The standard InChI is InChI=1S/C13H23N3O3S2/c1-10(2)14-9-12-11(3)8-13(20-12)21(17,18)15-16-4-6-19-7-5-16/h8,10,14-15H,4-7,9H2,1-3H3. The fourth-order valence-corrected chi connectivity index (χ4v) is 4.61. The van der Waals surface area contributed by atoms with Crippen molar-refractivity contribution < 1.29 is 13.2 Å². The summed E-state index contributed by atoms with van der Waals surface area (Å²) in [6.45, 7) is 9.03. The van der Waals surface area contributed by atoms with E-state index in [1.807, 2.05) is 6.92 Å². The molecule has 0 saturated carbocycles. The van der Waals surface area contributed by atoms with Crippen molar-refractivity contribution in [1.82, 2.24) is 15.2 Å². The number of ether oxygens (including phenoxy) is 1. The summed E-state index contributed by atoms with van der Waals surface area (Å²) < 4.78 is 30.4. The number of nitrogens with one attached hydrogen (secondary N) is 2. The van der Waals surface area contributed by atoms with Gasteiger partial charge in [-0.15, -0.1) is 16.2 Å². The van der Waals surface area contributed by atoms with Crippen LogP contribution in [-0.2, 0) is 21.3 Å². The third kappa shape index (κ3) is 4.73. The number of thiophene rings is 1. The van der Waals surface area contributed by atoms with Crippen molar-refractivity contribution in [2.45, 2.75) is 37.6 Å². The van der Waals surface area contributed by atoms with Crippen LogP contribution >= 0.6 is 11.3 Å². The van der Waals surface area contributed by atoms with E-state index < -0.39 is 10.0 Å². The van der Waals surface area contributed by atoms with Gasteiger partial charge in [0, 0.05) is 30.6 Å². The zero-order chi connectivity index (χ0) is 15.5. The Hall–Kier alpha value is -0.510. The lowest BCUT2D eigenvalue weighted by Crippen LogP contribution is -2.48. The molecule has 1 aromatic heterocycles. The predicted molar refractivity (Wildman–Crippen MR) is 83.7 cm³/mol. The van der Waals surface area contributed by atoms with Crippen LogP contribution in [0.3, 0.4) is 0 Å². The van der Waals surface area contributed by atoms with E-state index in [1.54, 1.807) is 11.1 Å². The molecule has 0 radical (unpaired) electrons. The molecule has 2 heterocycles. The molecule has 1 aliphatic heterocycles. The largest absolute Gasteiger partial charge is 0.379 e. The highest BCUT2D eigenvalue weighted by Gasteiger charge is 2.23. The second kappa shape index (κ2) is 7.17. The van der Waals surface area contributed by atoms with Crippen LogP contribution in [0.25, 0.3) is 0 Å². The van der Waals surface area contributed by atoms with E-state index in [2.05, 4.69) is 24.0 Å². The first-order valence-electron chi connectivity index (χ1n) is 7.06. The Morgan fingerprint density at radius 3 is 2.67 bits per heavy atom. The van der Waals surface area contributed by atoms with E-state index in [1.165, 1.54) is 11.3 Å². The van der Waals surface area contributed by atoms with E-state index in [-0.39, 0.29) is 0 Å². The lowest BCUT2D eigenvalue weighted by molar-refractivity contribution is 0.0272. The molecule has 2 rings (SSSR count). The summed E-state index contributed by atoms with van der Waals surface area (Å²) >= 11 is 1.33. The van der Waals surface area contributed by atoms with Gasteiger partial charge in [0.05, 0.1) is 13.2 Å². The molecule has 8 heteroatoms. The van der Waals surface area contributed by atoms with Gasteiger partial charge in [-0.25, -0.2) is 13.4 Å². The molecule has 0 spiro atoms. The minimum atomic E-state index is -3.49. The second-order valence-electron chi connectivity index (χ2n) is 5.40. The highest BCUT2D eigenvalue weighted by molar-refractivity contribution is 7.91. The van der Waals surface area contributed by atoms with Gasteiger partial charge in [-0.1, -0.05) is 13.8 Å². The third-order valence-electron chi connectivity index (χ3n) is 3.19. The molecule has 0 bridgehead atoms. The van der Waals surface area contributed by atoms with Gasteiger partial charge >= 0.3 is 0 Å². The van der Waals surface area contributed by atoms with E-state index >= 15 is 0 Å². The van der Waals surface area contributed by atoms with Crippen molar-refractivity contribution in [3.05, 3.63) is 16.5 Å². The van der Waals surface area contributed by atoms with Crippen LogP contribution in [0.2, 0.25) is 0 Å². The maximum Gasteiger partial charge on any atom is 0.262 e. The normalized spacial score (nSPS) is 17.5. The van der Waals surface area contributed by atoms with Crippen LogP contribution in [0.15, 0.2) is 10.3 Å². The summed E-state index contributed by atoms with van der Waals surface area (Å²) in [5.74, 6) is 0. The highest BCUT2D eigenvalue weighted by Crippen LogP contribution is 2.26. The average molecular weight is 333 g/mol. The zero-order valence-electron chi connectivity index (χ0n) is 12.7. The van der Waals surface area contributed by atoms with Gasteiger partial charge in [-0.3, -0.25) is 0 Å². The molecular weight excluding hydrogens is 310 g/mol. The maximum absolute atomic E-state index is 12.4. The lowest BCUT2D eigenvalue weighted by Gasteiger charge is -2.26. The number of morpholine rings is 1. The zero-order valence-corrected chi connectivity index (χ0v) is 14.3. The Morgan fingerprint density at radius 1 is 1.38 bits per heavy atom. The molecule has 0 unspecified atom stereocenters. The molecule has 21 heavy (non-hydrogen) atoms. The first-order chi connectivity index (χ1) is 9.88. The molecule has 1 aromatic rings. The van der Waals surface area contributed by atoms with Crippen molar-refractivity contribution in [2.75, 3.05) is 26.3 Å². The predicted octanol–water partition coefficient (Wildman–Crippen LogP) is 1.08. The van der Waals surface area contributed by atoms with Crippen LogP contribution in [0.4, 0.5) is 0 Å². The fourth-order valence-electron chi connectivity index (χ4n) is 1.96. The van der Waals surface area contributed by atoms with Crippen molar-refractivity contribution in [1.29, 1.82) is 0 Å². The molecule has 120 valence electrons. The smallest absolute Gasteiger partial charge is 0.262 e. The molecule has 2 N–H and O–H groups in total. The van der Waals surface area contributed by atoms with Gasteiger partial charge in [0.25, 0.3) is 10.0 Å². The number of hydrazine groups is 1. The van der Waals surface area contributed by atoms with Crippen LogP contribution in [0.1, 0.15) is 24.3 Å². The van der Waals surface area contributed by atoms with Crippen LogP contribution in [0, 0.1) is 6.92 Å². The number of sulfonamides is 1. The van der Waals surface area contributed by atoms with Crippen molar-refractivity contribution in [2.24, 2.45) is 0 Å². The van der Waals surface area contributed by atoms with E-state index in [4.69, 9.17) is 4.74 Å². The molecule has 0 amide bonds. The lowest BCUT2D eigenvalue weighted by atomic mass is 10.3. The van der Waals surface area contributed by atoms with Gasteiger partial charge in [0.2, 0.25) is 0 Å². The van der Waals surface area contributed by atoms with Crippen molar-refractivity contribution >= 4 is 21.4 Å². The first kappa shape index (κ1) is 16.9. The summed E-state index contributed by atoms with van der Waals surface area (Å²) in [5.41, 5.74) is 1.01. The van der Waals surface area contributed by atoms with Crippen molar-refractivity contribution in [3.63, 3.8) is 0 Å². The molecule has 0 aromatic carbocycles. The minimum Gasteiger partial charge on any atom is -0.379 e. The first-order valence-corrected chi connectivity index (χ1v) is 9.36. The Balaban J connectivity index is 2.07. The maximum atomic E-state index is 12.4. The molecular formula is C13H23N3O3S2. The third-order valence-corrected chi connectivity index (χ3v) is 6.28. The molecule has 0 atom stereocenters. The van der Waals surface area contributed by atoms with Gasteiger partial charge < -0.3 is 10.1 Å². The molecule has 6 nitrogen and oxygen atoms in total. The van der Waals surface area contributed by atoms with Gasteiger partial charge in [0.15, 0.2) is 0 Å². The van der Waals surface area contributed by atoms with E-state index in [0.29, 0.717) is 43.1 Å². The Labute approximate surface area is 130 Å². The van der Waals surface area contributed by atoms with E-state index in [9.17, 15) is 8.42 Å². The second-order valence-corrected chi connectivity index (χ2v) is 8.43. The minimum absolute atomic E-state index is 0.368. The number of rotatable bonds is 6. The monoisotopic (exact) mass is 333 g/mol. The van der Waals surface area contributed by atoms with Crippen LogP contribution in [0.5, 0.6) is 0 Å². The number of hydrogen-bond acceptors (Lipinski definition) is 6. The molecule has 1 saturated heterocycles. The highest BCUT2D eigenvalue weighted by atomic mass is 32.2. The molecule has 1 fully saturated rings. The Kier molecular flexibility index (Phi) is 5.75. The summed E-state index contributed by atoms with van der Waals surface area (Å²) in [5, 5.41) is 5.01. The molecule has 1 aliphatic rings. The van der Waals surface area contributed by atoms with Gasteiger partial charge in [0.1, 0.15) is 4.21 Å². The van der Waals surface area contributed by atoms with Gasteiger partial charge in [-0.05, 0) is 18.6 Å². The fraction of sp³-hybridized carbons (Fsp3) is 0.692. The molecule has 0 aliphatic carbocycles. The Morgan fingerprint density at radius 2 is 2.05 bits per heavy atom. The average Bonchev–Trinajstić information content (AvgIpc) is 2.79.